The van der Waals surface area contributed by atoms with E-state index in [2.05, 4.69) is 14.8 Å². The van der Waals surface area contributed by atoms with Crippen molar-refractivity contribution in [2.75, 3.05) is 26.6 Å². The van der Waals surface area contributed by atoms with E-state index in [1.54, 1.807) is 26.0 Å². The number of aromatic nitrogens is 3. The molecule has 0 unspecified atom stereocenters. The first kappa shape index (κ1) is 20.5. The molecule has 29 heavy (non-hydrogen) atoms. The van der Waals surface area contributed by atoms with E-state index in [4.69, 9.17) is 14.2 Å². The van der Waals surface area contributed by atoms with Crippen molar-refractivity contribution >= 4 is 11.8 Å². The van der Waals surface area contributed by atoms with Gasteiger partial charge in [0.25, 0.3) is 0 Å². The second-order valence-electron chi connectivity index (χ2n) is 7.84. The Morgan fingerprint density at radius 3 is 2.52 bits per heavy atom. The van der Waals surface area contributed by atoms with E-state index in [-0.39, 0.29) is 0 Å². The van der Waals surface area contributed by atoms with Gasteiger partial charge in [-0.2, -0.15) is 0 Å². The van der Waals surface area contributed by atoms with Gasteiger partial charge in [-0.25, -0.2) is 0 Å². The Morgan fingerprint density at radius 1 is 1.00 bits per heavy atom. The highest BCUT2D eigenvalue weighted by atomic mass is 32.2. The molecular formula is C22H31N3O3S. The van der Waals surface area contributed by atoms with E-state index in [1.165, 1.54) is 44.9 Å². The van der Waals surface area contributed by atoms with Crippen LogP contribution in [0.4, 0.5) is 0 Å². The Kier molecular flexibility index (Phi) is 6.98. The van der Waals surface area contributed by atoms with Gasteiger partial charge in [-0.05, 0) is 50.3 Å². The number of ether oxygens (including phenoxy) is 3. The van der Waals surface area contributed by atoms with E-state index in [0.717, 1.165) is 41.1 Å². The number of methoxy groups -OCH3 is 2. The molecule has 2 fully saturated rings. The maximum absolute atomic E-state index is 5.92. The molecule has 1 atom stereocenters. The van der Waals surface area contributed by atoms with Crippen molar-refractivity contribution in [3.63, 3.8) is 0 Å². The summed E-state index contributed by atoms with van der Waals surface area (Å²) in [5.74, 6) is 3.30. The molecule has 0 N–H and O–H groups in total. The van der Waals surface area contributed by atoms with Crippen LogP contribution in [-0.4, -0.2) is 47.4 Å². The molecule has 2 aromatic rings. The lowest BCUT2D eigenvalue weighted by Gasteiger charge is -2.26. The van der Waals surface area contributed by atoms with Crippen molar-refractivity contribution in [2.45, 2.75) is 68.7 Å². The molecule has 158 valence electrons. The van der Waals surface area contributed by atoms with Gasteiger partial charge >= 0.3 is 0 Å². The van der Waals surface area contributed by atoms with Gasteiger partial charge in [0.2, 0.25) is 0 Å². The Balaban J connectivity index is 1.63. The quantitative estimate of drug-likeness (QED) is 0.582. The number of benzene rings is 1. The molecule has 2 aliphatic rings. The molecule has 1 saturated heterocycles. The zero-order valence-corrected chi connectivity index (χ0v) is 18.2. The van der Waals surface area contributed by atoms with Crippen LogP contribution in [0.1, 0.15) is 57.4 Å². The van der Waals surface area contributed by atoms with Crippen LogP contribution in [0.25, 0.3) is 11.4 Å². The fourth-order valence-electron chi connectivity index (χ4n) is 4.32. The molecule has 0 bridgehead atoms. The lowest BCUT2D eigenvalue weighted by Crippen LogP contribution is -2.22. The average molecular weight is 418 g/mol. The predicted octanol–water partition coefficient (Wildman–Crippen LogP) is 5.13. The highest BCUT2D eigenvalue weighted by molar-refractivity contribution is 7.99. The zero-order chi connectivity index (χ0) is 20.1. The van der Waals surface area contributed by atoms with Gasteiger partial charge in [-0.1, -0.05) is 31.0 Å². The van der Waals surface area contributed by atoms with Crippen LogP contribution >= 0.6 is 11.8 Å². The number of nitrogens with zero attached hydrogens (tertiary/aromatic N) is 3. The van der Waals surface area contributed by atoms with Gasteiger partial charge in [-0.15, -0.1) is 10.2 Å². The van der Waals surface area contributed by atoms with Crippen molar-refractivity contribution in [2.24, 2.45) is 0 Å². The number of hydrogen-bond donors (Lipinski definition) is 0. The molecule has 6 nitrogen and oxygen atoms in total. The van der Waals surface area contributed by atoms with Gasteiger partial charge in [0, 0.05) is 24.0 Å². The van der Waals surface area contributed by atoms with Crippen LogP contribution in [0.3, 0.4) is 0 Å². The first-order chi connectivity index (χ1) is 14.3. The normalized spacial score (nSPS) is 20.6. The smallest absolute Gasteiger partial charge is 0.191 e. The summed E-state index contributed by atoms with van der Waals surface area (Å²) in [6.07, 6.45) is 10.1. The van der Waals surface area contributed by atoms with Gasteiger partial charge in [-0.3, -0.25) is 4.57 Å². The second kappa shape index (κ2) is 9.85. The van der Waals surface area contributed by atoms with Crippen molar-refractivity contribution in [3.05, 3.63) is 18.2 Å². The molecule has 0 radical (unpaired) electrons. The van der Waals surface area contributed by atoms with Crippen molar-refractivity contribution < 1.29 is 14.2 Å². The third-order valence-corrected chi connectivity index (χ3v) is 6.99. The average Bonchev–Trinajstić information content (AvgIpc) is 3.22. The van der Waals surface area contributed by atoms with Crippen LogP contribution in [0.2, 0.25) is 0 Å². The molecule has 0 amide bonds. The third kappa shape index (κ3) is 4.72. The van der Waals surface area contributed by atoms with E-state index >= 15 is 0 Å². The molecule has 4 rings (SSSR count). The minimum atomic E-state index is 0.329. The molecule has 1 aliphatic carbocycles. The monoisotopic (exact) mass is 417 g/mol. The van der Waals surface area contributed by atoms with E-state index < -0.39 is 0 Å². The van der Waals surface area contributed by atoms with E-state index in [1.807, 2.05) is 18.2 Å². The minimum absolute atomic E-state index is 0.329. The fourth-order valence-corrected chi connectivity index (χ4v) is 5.39. The number of thioether (sulfide) groups is 1. The summed E-state index contributed by atoms with van der Waals surface area (Å²) in [5, 5.41) is 10.2. The lowest BCUT2D eigenvalue weighted by atomic mass is 9.95. The Morgan fingerprint density at radius 2 is 1.79 bits per heavy atom. The molecule has 1 saturated carbocycles. The van der Waals surface area contributed by atoms with Crippen LogP contribution in [0, 0.1) is 0 Å². The summed E-state index contributed by atoms with van der Waals surface area (Å²) in [4.78, 5) is 0. The minimum Gasteiger partial charge on any atom is -0.493 e. The SMILES string of the molecule is COc1ccc(-c2nnc(SC[C@@H]3CCCCO3)n2C2CCCCC2)cc1OC. The molecule has 2 heterocycles. The highest BCUT2D eigenvalue weighted by Gasteiger charge is 2.25. The van der Waals surface area contributed by atoms with Crippen molar-refractivity contribution in [3.8, 4) is 22.9 Å². The molecule has 1 aromatic carbocycles. The molecular weight excluding hydrogens is 386 g/mol. The second-order valence-corrected chi connectivity index (χ2v) is 8.82. The summed E-state index contributed by atoms with van der Waals surface area (Å²) < 4.78 is 19.2. The Bertz CT molecular complexity index is 799. The maximum atomic E-state index is 5.92. The van der Waals surface area contributed by atoms with Gasteiger partial charge in [0.15, 0.2) is 22.5 Å². The van der Waals surface area contributed by atoms with Crippen molar-refractivity contribution in [1.82, 2.24) is 14.8 Å². The maximum Gasteiger partial charge on any atom is 0.191 e. The largest absolute Gasteiger partial charge is 0.493 e. The summed E-state index contributed by atoms with van der Waals surface area (Å²) in [7, 11) is 3.32. The van der Waals surface area contributed by atoms with Crippen LogP contribution < -0.4 is 9.47 Å². The summed E-state index contributed by atoms with van der Waals surface area (Å²) in [6.45, 7) is 0.886. The Hall–Kier alpha value is -1.73. The molecule has 7 heteroatoms. The van der Waals surface area contributed by atoms with Crippen LogP contribution in [-0.2, 0) is 4.74 Å². The molecule has 1 aliphatic heterocycles. The molecule has 1 aromatic heterocycles. The topological polar surface area (TPSA) is 58.4 Å². The van der Waals surface area contributed by atoms with Gasteiger partial charge in [0.05, 0.1) is 20.3 Å². The number of rotatable bonds is 7. The Labute approximate surface area is 177 Å². The fraction of sp³-hybridized carbons (Fsp3) is 0.636. The van der Waals surface area contributed by atoms with Crippen LogP contribution in [0.15, 0.2) is 23.4 Å². The van der Waals surface area contributed by atoms with Gasteiger partial charge < -0.3 is 14.2 Å². The summed E-state index contributed by atoms with van der Waals surface area (Å²) in [6, 6.07) is 6.44. The number of hydrogen-bond acceptors (Lipinski definition) is 6. The summed E-state index contributed by atoms with van der Waals surface area (Å²) >= 11 is 1.79. The van der Waals surface area contributed by atoms with Gasteiger partial charge in [0.1, 0.15) is 0 Å². The lowest BCUT2D eigenvalue weighted by molar-refractivity contribution is 0.0315. The first-order valence-corrected chi connectivity index (χ1v) is 11.7. The van der Waals surface area contributed by atoms with Crippen molar-refractivity contribution in [1.29, 1.82) is 0 Å². The van der Waals surface area contributed by atoms with E-state index in [9.17, 15) is 0 Å². The predicted molar refractivity (Wildman–Crippen MR) is 115 cm³/mol. The zero-order valence-electron chi connectivity index (χ0n) is 17.4. The van der Waals surface area contributed by atoms with E-state index in [0.29, 0.717) is 17.9 Å². The highest BCUT2D eigenvalue weighted by Crippen LogP contribution is 2.38. The standard InChI is InChI=1S/C22H31N3O3S/c1-26-19-12-11-16(14-20(19)27-2)21-23-24-22(25(21)17-8-4-3-5-9-17)29-15-18-10-6-7-13-28-18/h11-12,14,17-18H,3-10,13,15H2,1-2H3/t18-/m0/s1. The molecule has 0 spiro atoms. The summed E-state index contributed by atoms with van der Waals surface area (Å²) in [5.41, 5.74) is 1.02. The first-order valence-electron chi connectivity index (χ1n) is 10.7. The third-order valence-electron chi connectivity index (χ3n) is 5.92. The van der Waals surface area contributed by atoms with Crippen LogP contribution in [0.5, 0.6) is 11.5 Å².